The van der Waals surface area contributed by atoms with Gasteiger partial charge in [-0.05, 0) is 12.5 Å². The van der Waals surface area contributed by atoms with Gasteiger partial charge in [-0.3, -0.25) is 4.99 Å². The van der Waals surface area contributed by atoms with Gasteiger partial charge in [0.2, 0.25) is 0 Å². The second kappa shape index (κ2) is 3.59. The first-order valence-corrected chi connectivity index (χ1v) is 2.43. The second-order valence-electron chi connectivity index (χ2n) is 1.27. The van der Waals surface area contributed by atoms with Crippen LogP contribution in [0.25, 0.3) is 0 Å². The molecule has 0 N–H and O–H groups in total. The fraction of sp³-hybridized carbons (Fsp3) is 0.500. The largest absolute Gasteiger partial charge is 0.293 e. The molecule has 0 atom stereocenters. The van der Waals surface area contributed by atoms with Gasteiger partial charge >= 0.3 is 0 Å². The van der Waals surface area contributed by atoms with Gasteiger partial charge in [-0.1, -0.05) is 13.5 Å². The third-order valence-corrected chi connectivity index (χ3v) is 0.885. The summed E-state index contributed by atoms with van der Waals surface area (Å²) < 4.78 is 0. The summed E-state index contributed by atoms with van der Waals surface area (Å²) >= 11 is 0. The van der Waals surface area contributed by atoms with Gasteiger partial charge in [0, 0.05) is 12.8 Å². The van der Waals surface area contributed by atoms with Gasteiger partial charge in [0.1, 0.15) is 0 Å². The molecule has 0 aromatic heterocycles. The van der Waals surface area contributed by atoms with Crippen LogP contribution < -0.4 is 0 Å². The fourth-order valence-electron chi connectivity index (χ4n) is 0.394. The molecule has 0 aliphatic carbocycles. The normalized spacial score (nSPS) is 11.4. The van der Waals surface area contributed by atoms with Crippen LogP contribution in [0.4, 0.5) is 0 Å². The Morgan fingerprint density at radius 3 is 2.43 bits per heavy atom. The Hall–Kier alpha value is -0.590. The molecule has 0 fully saturated rings. The molecular weight excluding hydrogens is 86.1 g/mol. The highest BCUT2D eigenvalue weighted by Gasteiger charge is 1.79. The molecule has 0 aromatic rings. The minimum absolute atomic E-state index is 0.986. The van der Waals surface area contributed by atoms with Crippen LogP contribution in [-0.2, 0) is 0 Å². The number of allylic oxidation sites excluding steroid dienone is 1. The maximum absolute atomic E-state index is 3.92. The summed E-state index contributed by atoms with van der Waals surface area (Å²) in [5.74, 6) is 0. The van der Waals surface area contributed by atoms with Crippen molar-refractivity contribution >= 4 is 5.71 Å². The molecule has 0 rings (SSSR count). The van der Waals surface area contributed by atoms with Gasteiger partial charge in [0.25, 0.3) is 0 Å². The Labute approximate surface area is 44.8 Å². The second-order valence-corrected chi connectivity index (χ2v) is 1.27. The number of hydrogen-bond donors (Lipinski definition) is 0. The number of nitrogens with zero attached hydrogens (tertiary/aromatic N) is 1. The molecule has 0 spiro atoms. The van der Waals surface area contributed by atoms with E-state index in [0.29, 0.717) is 0 Å². The minimum Gasteiger partial charge on any atom is -0.293 e. The van der Waals surface area contributed by atoms with Crippen LogP contribution in [-0.4, -0.2) is 12.8 Å². The van der Waals surface area contributed by atoms with E-state index in [-0.39, 0.29) is 0 Å². The van der Waals surface area contributed by atoms with E-state index in [4.69, 9.17) is 0 Å². The van der Waals surface area contributed by atoms with Crippen molar-refractivity contribution < 1.29 is 0 Å². The topological polar surface area (TPSA) is 12.4 Å². The van der Waals surface area contributed by atoms with Crippen molar-refractivity contribution in [3.05, 3.63) is 12.7 Å². The van der Waals surface area contributed by atoms with E-state index < -0.39 is 0 Å². The molecule has 0 aromatic carbocycles. The SMILES string of the molecule is C=CC(CC)=NC. The number of hydrogen-bond acceptors (Lipinski definition) is 1. The summed E-state index contributed by atoms with van der Waals surface area (Å²) in [4.78, 5) is 3.92. The predicted molar refractivity (Wildman–Crippen MR) is 33.8 cm³/mol. The van der Waals surface area contributed by atoms with Gasteiger partial charge in [-0.25, -0.2) is 0 Å². The molecule has 0 amide bonds. The van der Waals surface area contributed by atoms with E-state index in [1.807, 2.05) is 0 Å². The zero-order valence-corrected chi connectivity index (χ0v) is 4.94. The summed E-state index contributed by atoms with van der Waals surface area (Å²) in [6, 6.07) is 0. The van der Waals surface area contributed by atoms with Gasteiger partial charge < -0.3 is 0 Å². The van der Waals surface area contributed by atoms with Crippen molar-refractivity contribution in [3.8, 4) is 0 Å². The highest BCUT2D eigenvalue weighted by Crippen LogP contribution is 1.82. The lowest BCUT2D eigenvalue weighted by molar-refractivity contribution is 1.26. The molecule has 0 aliphatic rings. The molecule has 0 aliphatic heterocycles. The van der Waals surface area contributed by atoms with E-state index in [2.05, 4.69) is 18.5 Å². The van der Waals surface area contributed by atoms with E-state index in [9.17, 15) is 0 Å². The van der Waals surface area contributed by atoms with E-state index in [1.165, 1.54) is 0 Å². The number of rotatable bonds is 2. The van der Waals surface area contributed by atoms with Crippen molar-refractivity contribution in [2.24, 2.45) is 4.99 Å². The summed E-state index contributed by atoms with van der Waals surface area (Å²) in [5, 5.41) is 0. The predicted octanol–water partition coefficient (Wildman–Crippen LogP) is 1.65. The van der Waals surface area contributed by atoms with Crippen molar-refractivity contribution in [1.29, 1.82) is 0 Å². The molecule has 1 heteroatoms. The lowest BCUT2D eigenvalue weighted by Gasteiger charge is -1.87. The number of aliphatic imine (C=N–C) groups is 1. The molecule has 0 saturated carbocycles. The smallest absolute Gasteiger partial charge is 0.0336 e. The van der Waals surface area contributed by atoms with Crippen molar-refractivity contribution in [3.63, 3.8) is 0 Å². The molecular formula is C6H11N. The molecule has 1 nitrogen and oxygen atoms in total. The van der Waals surface area contributed by atoms with E-state index >= 15 is 0 Å². The molecule has 0 saturated heterocycles. The summed E-state index contributed by atoms with van der Waals surface area (Å²) in [6.07, 6.45) is 2.76. The summed E-state index contributed by atoms with van der Waals surface area (Å²) in [5.41, 5.74) is 1.07. The van der Waals surface area contributed by atoms with E-state index in [1.54, 1.807) is 13.1 Å². The third-order valence-electron chi connectivity index (χ3n) is 0.885. The van der Waals surface area contributed by atoms with Crippen LogP contribution in [0.2, 0.25) is 0 Å². The van der Waals surface area contributed by atoms with Crippen LogP contribution >= 0.6 is 0 Å². The molecule has 40 valence electrons. The van der Waals surface area contributed by atoms with Gasteiger partial charge in [0.15, 0.2) is 0 Å². The van der Waals surface area contributed by atoms with Gasteiger partial charge in [-0.15, -0.1) is 0 Å². The van der Waals surface area contributed by atoms with Crippen LogP contribution in [0, 0.1) is 0 Å². The Morgan fingerprint density at radius 2 is 2.43 bits per heavy atom. The van der Waals surface area contributed by atoms with Crippen LogP contribution in [0.3, 0.4) is 0 Å². The fourth-order valence-corrected chi connectivity index (χ4v) is 0.394. The summed E-state index contributed by atoms with van der Waals surface area (Å²) in [7, 11) is 1.78. The average molecular weight is 97.2 g/mol. The lowest BCUT2D eigenvalue weighted by atomic mass is 10.3. The van der Waals surface area contributed by atoms with Crippen LogP contribution in [0.15, 0.2) is 17.6 Å². The molecule has 0 bridgehead atoms. The maximum atomic E-state index is 3.92. The zero-order chi connectivity index (χ0) is 5.70. The lowest BCUT2D eigenvalue weighted by Crippen LogP contribution is -1.86. The monoisotopic (exact) mass is 97.1 g/mol. The zero-order valence-electron chi connectivity index (χ0n) is 4.94. The highest BCUT2D eigenvalue weighted by molar-refractivity contribution is 5.94. The van der Waals surface area contributed by atoms with Crippen LogP contribution in [0.5, 0.6) is 0 Å². The Kier molecular flexibility index (Phi) is 3.29. The summed E-state index contributed by atoms with van der Waals surface area (Å²) in [6.45, 7) is 5.63. The highest BCUT2D eigenvalue weighted by atomic mass is 14.7. The standard InChI is InChI=1S/C6H11N/c1-4-6(5-2)7-3/h4H,1,5H2,2-3H3. The molecule has 0 radical (unpaired) electrons. The van der Waals surface area contributed by atoms with E-state index in [0.717, 1.165) is 12.1 Å². The first-order valence-electron chi connectivity index (χ1n) is 2.43. The van der Waals surface area contributed by atoms with Gasteiger partial charge in [-0.2, -0.15) is 0 Å². The third kappa shape index (κ3) is 2.15. The molecule has 0 unspecified atom stereocenters. The average Bonchev–Trinajstić information content (AvgIpc) is 1.72. The Balaban J connectivity index is 3.60. The quantitative estimate of drug-likeness (QED) is 0.464. The van der Waals surface area contributed by atoms with Crippen LogP contribution in [0.1, 0.15) is 13.3 Å². The first kappa shape index (κ1) is 6.41. The first-order chi connectivity index (χ1) is 3.35. The van der Waals surface area contributed by atoms with Gasteiger partial charge in [0.05, 0.1) is 0 Å². The van der Waals surface area contributed by atoms with Crippen molar-refractivity contribution in [2.45, 2.75) is 13.3 Å². The van der Waals surface area contributed by atoms with Crippen molar-refractivity contribution in [2.75, 3.05) is 7.05 Å². The molecule has 7 heavy (non-hydrogen) atoms. The maximum Gasteiger partial charge on any atom is 0.0336 e. The van der Waals surface area contributed by atoms with Crippen molar-refractivity contribution in [1.82, 2.24) is 0 Å². The Bertz CT molecular complexity index is 82.2. The Morgan fingerprint density at radius 1 is 1.86 bits per heavy atom. The minimum atomic E-state index is 0.986. The molecule has 0 heterocycles.